The number of aryl methyl sites for hydroxylation is 1. The first kappa shape index (κ1) is 23.8. The molecule has 178 valence electrons. The summed E-state index contributed by atoms with van der Waals surface area (Å²) < 4.78 is 5.98. The van der Waals surface area contributed by atoms with Crippen LogP contribution in [0.15, 0.2) is 66.7 Å². The highest BCUT2D eigenvalue weighted by Crippen LogP contribution is 2.25. The topological polar surface area (TPSA) is 58.6 Å². The molecule has 5 nitrogen and oxygen atoms in total. The van der Waals surface area contributed by atoms with Crippen LogP contribution in [0.3, 0.4) is 0 Å². The third-order valence-electron chi connectivity index (χ3n) is 6.66. The molecule has 4 rings (SSSR count). The number of nitrogens with one attached hydrogen (secondary N) is 1. The van der Waals surface area contributed by atoms with E-state index in [1.807, 2.05) is 74.5 Å². The van der Waals surface area contributed by atoms with Crippen molar-refractivity contribution in [2.75, 3.05) is 6.61 Å². The lowest BCUT2D eigenvalue weighted by Crippen LogP contribution is -2.51. The number of benzene rings is 3. The Bertz CT molecular complexity index is 1130. The number of hydrogen-bond donors (Lipinski definition) is 1. The van der Waals surface area contributed by atoms with Gasteiger partial charge in [-0.3, -0.25) is 9.59 Å². The summed E-state index contributed by atoms with van der Waals surface area (Å²) in [7, 11) is 0. The van der Waals surface area contributed by atoms with Gasteiger partial charge >= 0.3 is 0 Å². The number of carbonyl (C=O) groups excluding carboxylic acids is 2. The first-order chi connectivity index (χ1) is 16.5. The molecular formula is C29H34N2O3. The van der Waals surface area contributed by atoms with Crippen molar-refractivity contribution in [3.05, 3.63) is 77.9 Å². The Balaban J connectivity index is 1.50. The lowest BCUT2D eigenvalue weighted by atomic mass is 9.95. The molecule has 1 atom stereocenters. The molecule has 0 radical (unpaired) electrons. The van der Waals surface area contributed by atoms with Gasteiger partial charge in [0.2, 0.25) is 5.91 Å². The summed E-state index contributed by atoms with van der Waals surface area (Å²) in [6.07, 6.45) is 5.53. The van der Waals surface area contributed by atoms with E-state index in [9.17, 15) is 9.59 Å². The molecule has 1 aliphatic carbocycles. The number of rotatable bonds is 8. The second-order valence-electron chi connectivity index (χ2n) is 9.30. The molecule has 0 unspecified atom stereocenters. The molecule has 0 aliphatic heterocycles. The second-order valence-corrected chi connectivity index (χ2v) is 9.30. The van der Waals surface area contributed by atoms with Crippen LogP contribution in [0.5, 0.6) is 5.75 Å². The van der Waals surface area contributed by atoms with E-state index in [0.717, 1.165) is 47.6 Å². The molecule has 0 aromatic heterocycles. The summed E-state index contributed by atoms with van der Waals surface area (Å²) in [5.41, 5.74) is 2.12. The van der Waals surface area contributed by atoms with Gasteiger partial charge in [0, 0.05) is 18.0 Å². The molecule has 1 saturated carbocycles. The van der Waals surface area contributed by atoms with Gasteiger partial charge < -0.3 is 15.0 Å². The Hall–Kier alpha value is -3.34. The zero-order chi connectivity index (χ0) is 23.9. The van der Waals surface area contributed by atoms with Crippen molar-refractivity contribution in [2.24, 2.45) is 0 Å². The maximum atomic E-state index is 13.4. The number of ether oxygens (including phenoxy) is 1. The molecule has 0 heterocycles. The smallest absolute Gasteiger partial charge is 0.261 e. The van der Waals surface area contributed by atoms with Gasteiger partial charge in [0.05, 0.1) is 0 Å². The molecule has 2 amide bonds. The standard InChI is InChI=1S/C29H34N2O3/c1-21-10-8-11-23(18-21)19-31(22(2)29(33)30-25-14-4-3-5-15-25)28(32)20-34-27-17-9-13-24-12-6-7-16-26(24)27/h6-13,16-18,22,25H,3-5,14-15,19-20H2,1-2H3,(H,30,33)/t22-/m0/s1. The van der Waals surface area contributed by atoms with E-state index in [2.05, 4.69) is 11.4 Å². The number of amides is 2. The summed E-state index contributed by atoms with van der Waals surface area (Å²) in [4.78, 5) is 28.2. The molecule has 5 heteroatoms. The Labute approximate surface area is 202 Å². The van der Waals surface area contributed by atoms with Gasteiger partial charge in [0.15, 0.2) is 6.61 Å². The Morgan fingerprint density at radius 3 is 2.53 bits per heavy atom. The number of nitrogens with zero attached hydrogens (tertiary/aromatic N) is 1. The van der Waals surface area contributed by atoms with Crippen LogP contribution in [0.1, 0.15) is 50.2 Å². The van der Waals surface area contributed by atoms with Crippen LogP contribution in [0.25, 0.3) is 10.8 Å². The van der Waals surface area contributed by atoms with Crippen LogP contribution in [0.4, 0.5) is 0 Å². The number of carbonyl (C=O) groups is 2. The number of hydrogen-bond acceptors (Lipinski definition) is 3. The molecule has 0 spiro atoms. The van der Waals surface area contributed by atoms with Gasteiger partial charge in [-0.15, -0.1) is 0 Å². The summed E-state index contributed by atoms with van der Waals surface area (Å²) >= 11 is 0. The lowest BCUT2D eigenvalue weighted by Gasteiger charge is -2.31. The highest BCUT2D eigenvalue weighted by Gasteiger charge is 2.28. The summed E-state index contributed by atoms with van der Waals surface area (Å²) in [6.45, 7) is 4.07. The molecule has 1 fully saturated rings. The fourth-order valence-electron chi connectivity index (χ4n) is 4.70. The van der Waals surface area contributed by atoms with Crippen LogP contribution in [0.2, 0.25) is 0 Å². The molecule has 34 heavy (non-hydrogen) atoms. The minimum Gasteiger partial charge on any atom is -0.483 e. The lowest BCUT2D eigenvalue weighted by molar-refractivity contribution is -0.142. The minimum absolute atomic E-state index is 0.0990. The molecule has 0 saturated heterocycles. The Morgan fingerprint density at radius 1 is 1.00 bits per heavy atom. The van der Waals surface area contributed by atoms with E-state index in [1.54, 1.807) is 4.90 Å². The second kappa shape index (κ2) is 11.2. The van der Waals surface area contributed by atoms with Gasteiger partial charge in [0.1, 0.15) is 11.8 Å². The Kier molecular flexibility index (Phi) is 7.84. The van der Waals surface area contributed by atoms with Gasteiger partial charge in [-0.25, -0.2) is 0 Å². The zero-order valence-corrected chi connectivity index (χ0v) is 20.1. The van der Waals surface area contributed by atoms with Crippen molar-refractivity contribution in [1.82, 2.24) is 10.2 Å². The average Bonchev–Trinajstić information content (AvgIpc) is 2.86. The van der Waals surface area contributed by atoms with E-state index in [1.165, 1.54) is 6.42 Å². The first-order valence-electron chi connectivity index (χ1n) is 12.3. The fourth-order valence-corrected chi connectivity index (χ4v) is 4.70. The third kappa shape index (κ3) is 5.96. The molecular weight excluding hydrogens is 424 g/mol. The normalized spacial score (nSPS) is 15.0. The largest absolute Gasteiger partial charge is 0.483 e. The fraction of sp³-hybridized carbons (Fsp3) is 0.379. The summed E-state index contributed by atoms with van der Waals surface area (Å²) in [5.74, 6) is 0.361. The van der Waals surface area contributed by atoms with E-state index in [0.29, 0.717) is 12.3 Å². The monoisotopic (exact) mass is 458 g/mol. The Morgan fingerprint density at radius 2 is 1.74 bits per heavy atom. The molecule has 3 aromatic carbocycles. The van der Waals surface area contributed by atoms with Crippen molar-refractivity contribution in [3.63, 3.8) is 0 Å². The maximum Gasteiger partial charge on any atom is 0.261 e. The summed E-state index contributed by atoms with van der Waals surface area (Å²) in [6, 6.07) is 21.4. The predicted molar refractivity (Wildman–Crippen MR) is 136 cm³/mol. The maximum absolute atomic E-state index is 13.4. The predicted octanol–water partition coefficient (Wildman–Crippen LogP) is 5.39. The van der Waals surface area contributed by atoms with Gasteiger partial charge in [-0.05, 0) is 43.7 Å². The molecule has 3 aromatic rings. The zero-order valence-electron chi connectivity index (χ0n) is 20.1. The average molecular weight is 459 g/mol. The molecule has 1 N–H and O–H groups in total. The van der Waals surface area contributed by atoms with Crippen LogP contribution >= 0.6 is 0 Å². The highest BCUT2D eigenvalue weighted by atomic mass is 16.5. The van der Waals surface area contributed by atoms with E-state index >= 15 is 0 Å². The van der Waals surface area contributed by atoms with Crippen LogP contribution in [-0.2, 0) is 16.1 Å². The van der Waals surface area contributed by atoms with E-state index in [4.69, 9.17) is 4.74 Å². The van der Waals surface area contributed by atoms with Gasteiger partial charge in [-0.2, -0.15) is 0 Å². The third-order valence-corrected chi connectivity index (χ3v) is 6.66. The van der Waals surface area contributed by atoms with Crippen molar-refractivity contribution in [2.45, 2.75) is 64.6 Å². The molecule has 0 bridgehead atoms. The summed E-state index contributed by atoms with van der Waals surface area (Å²) in [5, 5.41) is 5.20. The SMILES string of the molecule is Cc1cccc(CN(C(=O)COc2cccc3ccccc23)[C@@H](C)C(=O)NC2CCCCC2)c1. The van der Waals surface area contributed by atoms with Crippen molar-refractivity contribution in [3.8, 4) is 5.75 Å². The molecule has 1 aliphatic rings. The van der Waals surface area contributed by atoms with Crippen molar-refractivity contribution in [1.29, 1.82) is 0 Å². The van der Waals surface area contributed by atoms with Crippen molar-refractivity contribution >= 4 is 22.6 Å². The van der Waals surface area contributed by atoms with Crippen LogP contribution in [-0.4, -0.2) is 35.4 Å². The quantitative estimate of drug-likeness (QED) is 0.492. The van der Waals surface area contributed by atoms with E-state index in [-0.39, 0.29) is 24.5 Å². The van der Waals surface area contributed by atoms with E-state index < -0.39 is 6.04 Å². The van der Waals surface area contributed by atoms with Gasteiger partial charge in [0.25, 0.3) is 5.91 Å². The van der Waals surface area contributed by atoms with Gasteiger partial charge in [-0.1, -0.05) is 85.5 Å². The highest BCUT2D eigenvalue weighted by molar-refractivity contribution is 5.90. The van der Waals surface area contributed by atoms with Crippen LogP contribution in [0, 0.1) is 6.92 Å². The van der Waals surface area contributed by atoms with Crippen molar-refractivity contribution < 1.29 is 14.3 Å². The van der Waals surface area contributed by atoms with Crippen LogP contribution < -0.4 is 10.1 Å². The minimum atomic E-state index is -0.592. The first-order valence-corrected chi connectivity index (χ1v) is 12.3. The number of fused-ring (bicyclic) bond motifs is 1.